The quantitative estimate of drug-likeness (QED) is 0.790. The summed E-state index contributed by atoms with van der Waals surface area (Å²) in [4.78, 5) is 13.1. The number of likely N-dealkylation sites (tertiary alicyclic amines) is 1. The Bertz CT molecular complexity index is 379. The van der Waals surface area contributed by atoms with E-state index in [2.05, 4.69) is 0 Å². The minimum atomic E-state index is -0.903. The zero-order valence-corrected chi connectivity index (χ0v) is 9.91. The Labute approximate surface area is 98.1 Å². The van der Waals surface area contributed by atoms with Crippen molar-refractivity contribution in [2.45, 2.75) is 18.9 Å². The van der Waals surface area contributed by atoms with Crippen molar-refractivity contribution in [2.24, 2.45) is 5.92 Å². The summed E-state index contributed by atoms with van der Waals surface area (Å²) in [5, 5.41) is 21.4. The molecule has 1 aromatic heterocycles. The van der Waals surface area contributed by atoms with Crippen molar-refractivity contribution in [1.82, 2.24) is 4.90 Å². The third-order valence-electron chi connectivity index (χ3n) is 3.29. The number of piperidine rings is 1. The molecule has 0 aromatic carbocycles. The lowest BCUT2D eigenvalue weighted by Gasteiger charge is -2.41. The molecule has 0 spiro atoms. The van der Waals surface area contributed by atoms with E-state index >= 15 is 0 Å². The lowest BCUT2D eigenvalue weighted by Crippen LogP contribution is -2.50. The third kappa shape index (κ3) is 1.81. The highest BCUT2D eigenvalue weighted by atomic mass is 32.1. The zero-order chi connectivity index (χ0) is 11.8. The highest BCUT2D eigenvalue weighted by molar-refractivity contribution is 7.10. The Morgan fingerprint density at radius 1 is 1.69 bits per heavy atom. The maximum atomic E-state index is 10.8. The summed E-state index contributed by atoms with van der Waals surface area (Å²) in [6.07, 6.45) is -0.430. The first kappa shape index (κ1) is 11.4. The molecule has 1 aliphatic rings. The van der Waals surface area contributed by atoms with Crippen molar-refractivity contribution in [3.63, 3.8) is 0 Å². The van der Waals surface area contributed by atoms with Crippen LogP contribution in [0.15, 0.2) is 17.5 Å². The molecule has 1 amide bonds. The summed E-state index contributed by atoms with van der Waals surface area (Å²) in [5.41, 5.74) is -0.861. The summed E-state index contributed by atoms with van der Waals surface area (Å²) in [6.45, 7) is 2.69. The molecule has 2 atom stereocenters. The summed E-state index contributed by atoms with van der Waals surface area (Å²) >= 11 is 1.53. The van der Waals surface area contributed by atoms with Gasteiger partial charge in [-0.1, -0.05) is 13.0 Å². The van der Waals surface area contributed by atoms with Gasteiger partial charge >= 0.3 is 6.09 Å². The average Bonchev–Trinajstić information content (AvgIpc) is 2.75. The predicted molar refractivity (Wildman–Crippen MR) is 61.6 cm³/mol. The molecular weight excluding hydrogens is 226 g/mol. The van der Waals surface area contributed by atoms with Crippen molar-refractivity contribution in [3.05, 3.63) is 22.4 Å². The van der Waals surface area contributed by atoms with Gasteiger partial charge in [-0.2, -0.15) is 0 Å². The first-order chi connectivity index (χ1) is 7.54. The van der Waals surface area contributed by atoms with Crippen LogP contribution in [0.25, 0.3) is 0 Å². The lowest BCUT2D eigenvalue weighted by molar-refractivity contribution is -0.0626. The van der Waals surface area contributed by atoms with E-state index in [1.54, 1.807) is 0 Å². The van der Waals surface area contributed by atoms with E-state index in [1.165, 1.54) is 16.2 Å². The minimum Gasteiger partial charge on any atom is -0.465 e. The number of aliphatic hydroxyl groups is 1. The van der Waals surface area contributed by atoms with Gasteiger partial charge in [0, 0.05) is 23.9 Å². The number of thiophene rings is 1. The second-order valence-corrected chi connectivity index (χ2v) is 5.23. The SMILES string of the molecule is C[C@H]1CN(C(=O)O)CC[C@@]1(O)c1cccs1. The third-order valence-corrected chi connectivity index (χ3v) is 4.33. The summed E-state index contributed by atoms with van der Waals surface area (Å²) < 4.78 is 0. The molecule has 1 saturated heterocycles. The molecule has 0 saturated carbocycles. The number of carboxylic acid groups (broad SMARTS) is 1. The van der Waals surface area contributed by atoms with Crippen molar-refractivity contribution in [1.29, 1.82) is 0 Å². The fraction of sp³-hybridized carbons (Fsp3) is 0.545. The predicted octanol–water partition coefficient (Wildman–Crippen LogP) is 1.96. The van der Waals surface area contributed by atoms with E-state index in [-0.39, 0.29) is 5.92 Å². The number of hydrogen-bond acceptors (Lipinski definition) is 3. The van der Waals surface area contributed by atoms with Crippen LogP contribution in [0.5, 0.6) is 0 Å². The maximum Gasteiger partial charge on any atom is 0.407 e. The molecule has 2 N–H and O–H groups in total. The standard InChI is InChI=1S/C11H15NO3S/c1-8-7-12(10(13)14)5-4-11(8,15)9-3-2-6-16-9/h2-3,6,8,15H,4-5,7H2,1H3,(H,13,14)/t8-,11-/m0/s1. The molecule has 4 nitrogen and oxygen atoms in total. The summed E-state index contributed by atoms with van der Waals surface area (Å²) in [6, 6.07) is 3.83. The van der Waals surface area contributed by atoms with Crippen LogP contribution in [-0.2, 0) is 5.60 Å². The van der Waals surface area contributed by atoms with Gasteiger partial charge in [0.25, 0.3) is 0 Å². The van der Waals surface area contributed by atoms with E-state index in [4.69, 9.17) is 5.11 Å². The number of carbonyl (C=O) groups is 1. The normalized spacial score (nSPS) is 30.4. The second kappa shape index (κ2) is 4.07. The average molecular weight is 241 g/mol. The monoisotopic (exact) mass is 241 g/mol. The molecule has 16 heavy (non-hydrogen) atoms. The lowest BCUT2D eigenvalue weighted by atomic mass is 9.81. The molecule has 0 radical (unpaired) electrons. The molecular formula is C11H15NO3S. The Morgan fingerprint density at radius 3 is 2.94 bits per heavy atom. The van der Waals surface area contributed by atoms with Crippen LogP contribution >= 0.6 is 11.3 Å². The molecule has 0 bridgehead atoms. The van der Waals surface area contributed by atoms with Crippen LogP contribution in [0.4, 0.5) is 4.79 Å². The first-order valence-corrected chi connectivity index (χ1v) is 6.16. The van der Waals surface area contributed by atoms with Gasteiger partial charge < -0.3 is 15.1 Å². The van der Waals surface area contributed by atoms with E-state index in [0.717, 1.165) is 4.88 Å². The van der Waals surface area contributed by atoms with E-state index in [0.29, 0.717) is 19.5 Å². The highest BCUT2D eigenvalue weighted by Gasteiger charge is 2.42. The Morgan fingerprint density at radius 2 is 2.44 bits per heavy atom. The fourth-order valence-electron chi connectivity index (χ4n) is 2.19. The fourth-order valence-corrected chi connectivity index (χ4v) is 3.16. The van der Waals surface area contributed by atoms with E-state index in [1.807, 2.05) is 24.4 Å². The maximum absolute atomic E-state index is 10.8. The van der Waals surface area contributed by atoms with Gasteiger partial charge in [0.2, 0.25) is 0 Å². The number of rotatable bonds is 1. The molecule has 2 rings (SSSR count). The van der Waals surface area contributed by atoms with Crippen LogP contribution in [0.3, 0.4) is 0 Å². The van der Waals surface area contributed by atoms with Gasteiger partial charge in [-0.25, -0.2) is 4.79 Å². The summed E-state index contributed by atoms with van der Waals surface area (Å²) in [7, 11) is 0. The Balaban J connectivity index is 2.18. The minimum absolute atomic E-state index is 0.0731. The number of hydrogen-bond donors (Lipinski definition) is 2. The molecule has 1 fully saturated rings. The Kier molecular flexibility index (Phi) is 2.90. The summed E-state index contributed by atoms with van der Waals surface area (Å²) in [5.74, 6) is -0.0731. The van der Waals surface area contributed by atoms with Crippen LogP contribution in [0, 0.1) is 5.92 Å². The van der Waals surface area contributed by atoms with Gasteiger partial charge in [0.05, 0.1) is 0 Å². The van der Waals surface area contributed by atoms with Gasteiger partial charge in [-0.3, -0.25) is 0 Å². The van der Waals surface area contributed by atoms with Crippen molar-refractivity contribution < 1.29 is 15.0 Å². The van der Waals surface area contributed by atoms with Crippen molar-refractivity contribution in [2.75, 3.05) is 13.1 Å². The molecule has 0 unspecified atom stereocenters. The smallest absolute Gasteiger partial charge is 0.407 e. The molecule has 5 heteroatoms. The van der Waals surface area contributed by atoms with E-state index < -0.39 is 11.7 Å². The molecule has 0 aliphatic carbocycles. The van der Waals surface area contributed by atoms with Gasteiger partial charge in [-0.05, 0) is 17.9 Å². The van der Waals surface area contributed by atoms with Gasteiger partial charge in [0.1, 0.15) is 5.60 Å². The molecule has 1 aliphatic heterocycles. The largest absolute Gasteiger partial charge is 0.465 e. The van der Waals surface area contributed by atoms with Gasteiger partial charge in [-0.15, -0.1) is 11.3 Å². The highest BCUT2D eigenvalue weighted by Crippen LogP contribution is 2.39. The number of nitrogens with zero attached hydrogens (tertiary/aromatic N) is 1. The molecule has 2 heterocycles. The topological polar surface area (TPSA) is 60.8 Å². The van der Waals surface area contributed by atoms with Crippen LogP contribution in [-0.4, -0.2) is 34.3 Å². The first-order valence-electron chi connectivity index (χ1n) is 5.28. The van der Waals surface area contributed by atoms with Crippen molar-refractivity contribution in [3.8, 4) is 0 Å². The van der Waals surface area contributed by atoms with Crippen molar-refractivity contribution >= 4 is 17.4 Å². The zero-order valence-electron chi connectivity index (χ0n) is 9.09. The van der Waals surface area contributed by atoms with Crippen LogP contribution in [0.2, 0.25) is 0 Å². The number of amides is 1. The van der Waals surface area contributed by atoms with Crippen LogP contribution < -0.4 is 0 Å². The molecule has 1 aromatic rings. The Hall–Kier alpha value is -1.07. The second-order valence-electron chi connectivity index (χ2n) is 4.28. The van der Waals surface area contributed by atoms with E-state index in [9.17, 15) is 9.90 Å². The molecule has 88 valence electrons. The van der Waals surface area contributed by atoms with Crippen LogP contribution in [0.1, 0.15) is 18.2 Å². The van der Waals surface area contributed by atoms with Gasteiger partial charge in [0.15, 0.2) is 0 Å².